The fourth-order valence-electron chi connectivity index (χ4n) is 4.90. The standard InChI is InChI=1S/C23H23ClN4OS/c1-13-11-23(2,3)28-8-4-5-15-20(28)16(13)10-18(21(15)29)25-12-26-22-27-17-7-6-14(24)9-19(17)30-22/h6-7,9-10,13,29H,4-5,8,11H2,1-3H3. The summed E-state index contributed by atoms with van der Waals surface area (Å²) >= 11 is 7.48. The van der Waals surface area contributed by atoms with Crippen molar-refractivity contribution in [2.75, 3.05) is 11.4 Å². The maximum absolute atomic E-state index is 11.0. The third-order valence-electron chi connectivity index (χ3n) is 6.18. The van der Waals surface area contributed by atoms with E-state index < -0.39 is 0 Å². The van der Waals surface area contributed by atoms with E-state index >= 15 is 0 Å². The summed E-state index contributed by atoms with van der Waals surface area (Å²) in [5.74, 6) is 0.658. The molecule has 5 nitrogen and oxygen atoms in total. The highest BCUT2D eigenvalue weighted by Crippen LogP contribution is 2.52. The lowest BCUT2D eigenvalue weighted by Gasteiger charge is -2.50. The Morgan fingerprint density at radius 1 is 1.30 bits per heavy atom. The molecule has 154 valence electrons. The van der Waals surface area contributed by atoms with Crippen LogP contribution in [0.25, 0.3) is 10.2 Å². The minimum Gasteiger partial charge on any atom is -0.505 e. The number of aromatic nitrogens is 1. The van der Waals surface area contributed by atoms with E-state index in [0.717, 1.165) is 41.6 Å². The second-order valence-electron chi connectivity index (χ2n) is 8.77. The van der Waals surface area contributed by atoms with Gasteiger partial charge in [0.05, 0.1) is 10.2 Å². The van der Waals surface area contributed by atoms with Crippen LogP contribution in [-0.2, 0) is 6.42 Å². The first kappa shape index (κ1) is 19.6. The minimum absolute atomic E-state index is 0.0933. The van der Waals surface area contributed by atoms with Crippen molar-refractivity contribution in [3.05, 3.63) is 40.4 Å². The number of anilines is 1. The van der Waals surface area contributed by atoms with E-state index in [1.165, 1.54) is 22.6 Å². The van der Waals surface area contributed by atoms with Gasteiger partial charge in [-0.1, -0.05) is 29.9 Å². The summed E-state index contributed by atoms with van der Waals surface area (Å²) in [5, 5.41) is 12.2. The summed E-state index contributed by atoms with van der Waals surface area (Å²) in [6.07, 6.45) is 2.98. The molecule has 30 heavy (non-hydrogen) atoms. The van der Waals surface area contributed by atoms with Gasteiger partial charge in [0.15, 0.2) is 0 Å². The zero-order chi connectivity index (χ0) is 21.0. The van der Waals surface area contributed by atoms with Crippen LogP contribution < -0.4 is 4.90 Å². The molecule has 3 aromatic rings. The van der Waals surface area contributed by atoms with Crippen LogP contribution in [0, 0.1) is 0 Å². The van der Waals surface area contributed by atoms with Crippen molar-refractivity contribution in [1.29, 1.82) is 0 Å². The second-order valence-corrected chi connectivity index (χ2v) is 10.2. The van der Waals surface area contributed by atoms with Crippen molar-refractivity contribution in [3.63, 3.8) is 0 Å². The van der Waals surface area contributed by atoms with E-state index in [0.29, 0.717) is 21.8 Å². The van der Waals surface area contributed by atoms with Crippen LogP contribution in [0.3, 0.4) is 0 Å². The van der Waals surface area contributed by atoms with Crippen LogP contribution >= 0.6 is 22.9 Å². The van der Waals surface area contributed by atoms with Gasteiger partial charge in [0.1, 0.15) is 17.4 Å². The Labute approximate surface area is 184 Å². The number of halogens is 1. The second kappa shape index (κ2) is 7.09. The van der Waals surface area contributed by atoms with E-state index in [2.05, 4.69) is 46.6 Å². The number of aromatic hydroxyl groups is 1. The fraction of sp³-hybridized carbons (Fsp3) is 0.391. The molecule has 2 aliphatic heterocycles. The molecule has 0 amide bonds. The highest BCUT2D eigenvalue weighted by molar-refractivity contribution is 7.22. The number of fused-ring (bicyclic) bond motifs is 1. The zero-order valence-corrected chi connectivity index (χ0v) is 18.8. The Morgan fingerprint density at radius 3 is 2.97 bits per heavy atom. The minimum atomic E-state index is 0.0933. The molecule has 2 aliphatic rings. The molecule has 0 radical (unpaired) electrons. The van der Waals surface area contributed by atoms with Crippen LogP contribution in [0.4, 0.5) is 16.5 Å². The van der Waals surface area contributed by atoms with Gasteiger partial charge < -0.3 is 10.0 Å². The van der Waals surface area contributed by atoms with Crippen molar-refractivity contribution in [2.24, 2.45) is 9.98 Å². The molecular formula is C23H23ClN4OS. The highest BCUT2D eigenvalue weighted by Gasteiger charge is 2.40. The molecule has 1 atom stereocenters. The molecule has 1 aromatic heterocycles. The van der Waals surface area contributed by atoms with E-state index in [1.807, 2.05) is 24.3 Å². The quantitative estimate of drug-likeness (QED) is 0.446. The molecule has 5 rings (SSSR count). The lowest BCUT2D eigenvalue weighted by atomic mass is 9.76. The molecule has 0 aliphatic carbocycles. The summed E-state index contributed by atoms with van der Waals surface area (Å²) in [5.41, 5.74) is 4.95. The molecule has 0 bridgehead atoms. The molecule has 3 heterocycles. The molecular weight excluding hydrogens is 416 g/mol. The first-order valence-electron chi connectivity index (χ1n) is 10.2. The monoisotopic (exact) mass is 438 g/mol. The SMILES string of the molecule is CC1CC(C)(C)N2CCCc3c(O)c(N=C=Nc4nc5ccc(Cl)cc5s4)cc1c32. The van der Waals surface area contributed by atoms with Gasteiger partial charge in [-0.05, 0) is 68.9 Å². The predicted molar refractivity (Wildman–Crippen MR) is 125 cm³/mol. The lowest BCUT2D eigenvalue weighted by Crippen LogP contribution is -2.50. The first-order valence-corrected chi connectivity index (χ1v) is 11.4. The van der Waals surface area contributed by atoms with Crippen molar-refractivity contribution >= 4 is 55.7 Å². The Bertz CT molecular complexity index is 1230. The van der Waals surface area contributed by atoms with Gasteiger partial charge in [-0.15, -0.1) is 0 Å². The summed E-state index contributed by atoms with van der Waals surface area (Å²) in [6, 6.07) is 10.3. The number of hydrogen-bond acceptors (Lipinski definition) is 6. The topological polar surface area (TPSA) is 61.1 Å². The normalized spacial score (nSPS) is 19.3. The molecule has 2 aromatic carbocycles. The Morgan fingerprint density at radius 2 is 2.13 bits per heavy atom. The zero-order valence-electron chi connectivity index (χ0n) is 17.2. The van der Waals surface area contributed by atoms with E-state index in [1.54, 1.807) is 0 Å². The smallest absolute Gasteiger partial charge is 0.220 e. The van der Waals surface area contributed by atoms with Crippen molar-refractivity contribution < 1.29 is 5.11 Å². The maximum Gasteiger partial charge on any atom is 0.220 e. The van der Waals surface area contributed by atoms with Crippen molar-refractivity contribution in [2.45, 2.75) is 51.5 Å². The fourth-order valence-corrected chi connectivity index (χ4v) is 5.97. The largest absolute Gasteiger partial charge is 0.505 e. The van der Waals surface area contributed by atoms with Crippen molar-refractivity contribution in [1.82, 2.24) is 4.98 Å². The van der Waals surface area contributed by atoms with E-state index in [9.17, 15) is 5.11 Å². The summed E-state index contributed by atoms with van der Waals surface area (Å²) in [6.45, 7) is 7.88. The van der Waals surface area contributed by atoms with E-state index in [4.69, 9.17) is 11.6 Å². The van der Waals surface area contributed by atoms with Gasteiger partial charge in [0, 0.05) is 28.4 Å². The summed E-state index contributed by atoms with van der Waals surface area (Å²) in [4.78, 5) is 15.6. The Kier molecular flexibility index (Phi) is 4.62. The summed E-state index contributed by atoms with van der Waals surface area (Å²) in [7, 11) is 0. The van der Waals surface area contributed by atoms with Gasteiger partial charge in [0.25, 0.3) is 0 Å². The van der Waals surface area contributed by atoms with Crippen molar-refractivity contribution in [3.8, 4) is 5.75 Å². The molecule has 1 N–H and O–H groups in total. The summed E-state index contributed by atoms with van der Waals surface area (Å²) < 4.78 is 0.973. The third-order valence-corrected chi connectivity index (χ3v) is 7.33. The molecule has 7 heteroatoms. The number of benzene rings is 2. The van der Waals surface area contributed by atoms with E-state index in [-0.39, 0.29) is 11.3 Å². The van der Waals surface area contributed by atoms with Crippen LogP contribution in [0.15, 0.2) is 34.3 Å². The number of aliphatic imine (C=N–C) groups is 2. The maximum atomic E-state index is 11.0. The predicted octanol–water partition coefficient (Wildman–Crippen LogP) is 6.83. The van der Waals surface area contributed by atoms with Gasteiger partial charge in [-0.25, -0.2) is 4.98 Å². The lowest BCUT2D eigenvalue weighted by molar-refractivity contribution is 0.363. The number of hydrogen-bond donors (Lipinski definition) is 1. The Hall–Kier alpha value is -2.40. The van der Waals surface area contributed by atoms with Crippen LogP contribution in [0.1, 0.15) is 50.7 Å². The van der Waals surface area contributed by atoms with Gasteiger partial charge >= 0.3 is 0 Å². The molecule has 0 saturated carbocycles. The van der Waals surface area contributed by atoms with Crippen LogP contribution in [0.2, 0.25) is 5.02 Å². The molecule has 0 saturated heterocycles. The average Bonchev–Trinajstić information content (AvgIpc) is 3.09. The van der Waals surface area contributed by atoms with Gasteiger partial charge in [-0.3, -0.25) is 0 Å². The average molecular weight is 439 g/mol. The molecule has 1 unspecified atom stereocenters. The number of thiazole rings is 1. The number of phenols is 1. The number of nitrogens with zero attached hydrogens (tertiary/aromatic N) is 4. The van der Waals surface area contributed by atoms with Gasteiger partial charge in [0.2, 0.25) is 5.13 Å². The third kappa shape index (κ3) is 3.20. The molecule has 0 fully saturated rings. The first-order chi connectivity index (χ1) is 14.3. The number of rotatable bonds is 2. The van der Waals surface area contributed by atoms with Crippen LogP contribution in [-0.4, -0.2) is 28.2 Å². The number of phenolic OH excluding ortho intramolecular Hbond substituents is 1. The Balaban J connectivity index is 1.55. The molecule has 0 spiro atoms. The highest BCUT2D eigenvalue weighted by atomic mass is 35.5. The van der Waals surface area contributed by atoms with Crippen LogP contribution in [0.5, 0.6) is 5.75 Å². The van der Waals surface area contributed by atoms with Gasteiger partial charge in [-0.2, -0.15) is 9.98 Å².